The van der Waals surface area contributed by atoms with Crippen LogP contribution < -0.4 is 21.5 Å². The predicted octanol–water partition coefficient (Wildman–Crippen LogP) is 2.96. The van der Waals surface area contributed by atoms with Crippen LogP contribution in [0.25, 0.3) is 21.9 Å². The van der Waals surface area contributed by atoms with E-state index in [2.05, 4.69) is 20.4 Å². The number of likely N-dealkylation sites (N-methyl/N-ethyl adjacent to an activating group) is 2. The van der Waals surface area contributed by atoms with Gasteiger partial charge in [-0.1, -0.05) is 52.0 Å². The van der Waals surface area contributed by atoms with Crippen molar-refractivity contribution >= 4 is 34.2 Å². The van der Waals surface area contributed by atoms with Gasteiger partial charge in [-0.3, -0.25) is 19.2 Å². The third-order valence-corrected chi connectivity index (χ3v) is 8.47. The maximum atomic E-state index is 14.4. The smallest absolute Gasteiger partial charge is 0.248 e. The van der Waals surface area contributed by atoms with E-state index < -0.39 is 0 Å². The maximum Gasteiger partial charge on any atom is 0.248 e. The summed E-state index contributed by atoms with van der Waals surface area (Å²) in [4.78, 5) is 65.7. The van der Waals surface area contributed by atoms with E-state index in [1.807, 2.05) is 65.7 Å². The van der Waals surface area contributed by atoms with Crippen molar-refractivity contribution in [2.24, 2.45) is 0 Å². The Labute approximate surface area is 273 Å². The number of fused-ring (bicyclic) bond motifs is 2. The fourth-order valence-corrected chi connectivity index (χ4v) is 5.63. The molecule has 0 unspecified atom stereocenters. The molecule has 1 aromatic carbocycles. The summed E-state index contributed by atoms with van der Waals surface area (Å²) in [7, 11) is 7.72. The molecule has 1 aliphatic carbocycles. The summed E-state index contributed by atoms with van der Waals surface area (Å²) < 4.78 is 2.67. The molecule has 1 heterocycles. The van der Waals surface area contributed by atoms with Gasteiger partial charge in [0.15, 0.2) is 10.9 Å². The van der Waals surface area contributed by atoms with Crippen LogP contribution in [0.15, 0.2) is 33.9 Å². The lowest BCUT2D eigenvalue weighted by molar-refractivity contribution is 0.0767. The van der Waals surface area contributed by atoms with Crippen molar-refractivity contribution in [3.05, 3.63) is 44.7 Å². The third-order valence-electron chi connectivity index (χ3n) is 8.47. The molecule has 1 aliphatic heterocycles. The van der Waals surface area contributed by atoms with Crippen LogP contribution in [-0.2, 0) is 0 Å². The van der Waals surface area contributed by atoms with Crippen molar-refractivity contribution < 1.29 is 9.59 Å². The lowest BCUT2D eigenvalue weighted by atomic mass is 9.97. The maximum absolute atomic E-state index is 14.4. The number of nitrogens with one attached hydrogen (secondary N) is 2. The van der Waals surface area contributed by atoms with Gasteiger partial charge in [0.25, 0.3) is 0 Å². The van der Waals surface area contributed by atoms with Crippen LogP contribution in [0.1, 0.15) is 50.1 Å². The number of nitrogens with zero attached hydrogens (tertiary/aromatic N) is 6. The molecule has 254 valence electrons. The molecule has 0 amide bonds. The molecule has 12 heteroatoms. The molecule has 12 nitrogen and oxygen atoms in total. The van der Waals surface area contributed by atoms with Crippen LogP contribution in [0.3, 0.4) is 0 Å². The summed E-state index contributed by atoms with van der Waals surface area (Å²) in [5, 5.41) is 7.22. The zero-order valence-corrected chi connectivity index (χ0v) is 29.1. The highest BCUT2D eigenvalue weighted by molar-refractivity contribution is 6.02. The topological polar surface area (TPSA) is 115 Å². The van der Waals surface area contributed by atoms with Crippen LogP contribution >= 0.6 is 0 Å². The van der Waals surface area contributed by atoms with Crippen molar-refractivity contribution in [3.63, 3.8) is 0 Å². The molecule has 0 aromatic heterocycles. The molecule has 0 saturated carbocycles. The number of anilines is 2. The van der Waals surface area contributed by atoms with Crippen molar-refractivity contribution in [1.29, 1.82) is 0 Å². The first kappa shape index (κ1) is 36.9. The largest absolute Gasteiger partial charge is 0.368 e. The van der Waals surface area contributed by atoms with E-state index >= 15 is 0 Å². The van der Waals surface area contributed by atoms with Gasteiger partial charge in [-0.15, -0.1) is 0 Å². The third kappa shape index (κ3) is 8.61. The standard InChI is InChI=1S/C34H54N8O4/c1-9-39(10-2)21-17-27(43)41-33(35-19-23-37(5)6)29-30(32(46)26-16-14-13-15-25(26)31(29)45)34(36-20-24-38(7)8)42(41)28(44)18-22-40(11-3)12-4/h13-16,35-36H,9-12,17-24H2,1-8H3. The molecule has 3 rings (SSSR count). The summed E-state index contributed by atoms with van der Waals surface area (Å²) in [6.07, 6.45) is 0.235. The number of hydrogen-bond acceptors (Lipinski definition) is 10. The summed E-state index contributed by atoms with van der Waals surface area (Å²) in [6.45, 7) is 14.2. The van der Waals surface area contributed by atoms with E-state index in [0.717, 1.165) is 26.2 Å². The molecule has 0 radical (unpaired) electrons. The van der Waals surface area contributed by atoms with E-state index in [1.54, 1.807) is 24.3 Å². The van der Waals surface area contributed by atoms with E-state index in [9.17, 15) is 19.2 Å². The minimum Gasteiger partial charge on any atom is -0.368 e. The lowest BCUT2D eigenvalue weighted by Crippen LogP contribution is -2.40. The van der Waals surface area contributed by atoms with Gasteiger partial charge in [0.1, 0.15) is 11.6 Å². The monoisotopic (exact) mass is 638 g/mol. The van der Waals surface area contributed by atoms with Crippen LogP contribution in [0.5, 0.6) is 0 Å². The van der Waals surface area contributed by atoms with Crippen LogP contribution in [-0.4, -0.2) is 134 Å². The van der Waals surface area contributed by atoms with Crippen LogP contribution in [0.2, 0.25) is 0 Å². The minimum absolute atomic E-state index is 0.110. The SMILES string of the molecule is CCN(CC)CCC(=O)n1c(NCCN(C)C)c2c(=O)c3ccccc3c(=O)c-2c(NCCN(C)C)n1C(=O)CCN(CC)CC. The number of hydrogen-bond donors (Lipinski definition) is 2. The highest BCUT2D eigenvalue weighted by Crippen LogP contribution is 2.34. The molecule has 0 bridgehead atoms. The molecule has 0 atom stereocenters. The van der Waals surface area contributed by atoms with Gasteiger partial charge in [-0.2, -0.15) is 9.36 Å². The highest BCUT2D eigenvalue weighted by atomic mass is 16.2. The van der Waals surface area contributed by atoms with Gasteiger partial charge in [0.05, 0.1) is 11.1 Å². The number of rotatable bonds is 18. The summed E-state index contributed by atoms with van der Waals surface area (Å²) in [5.41, 5.74) is -0.500. The minimum atomic E-state index is -0.360. The second-order valence-electron chi connectivity index (χ2n) is 12.1. The Morgan fingerprint density at radius 2 is 0.957 bits per heavy atom. The Bertz CT molecular complexity index is 1440. The van der Waals surface area contributed by atoms with Crippen molar-refractivity contribution in [3.8, 4) is 11.1 Å². The van der Waals surface area contributed by atoms with E-state index in [4.69, 9.17) is 0 Å². The Hall–Kier alpha value is -3.58. The Morgan fingerprint density at radius 1 is 0.609 bits per heavy atom. The number of carbonyl (C=O) groups is 2. The lowest BCUT2D eigenvalue weighted by Gasteiger charge is -2.29. The molecule has 0 spiro atoms. The first-order valence-corrected chi connectivity index (χ1v) is 16.5. The molecule has 46 heavy (non-hydrogen) atoms. The first-order valence-electron chi connectivity index (χ1n) is 16.5. The molecular formula is C34H54N8O4. The van der Waals surface area contributed by atoms with Gasteiger partial charge in [0, 0.05) is 62.9 Å². The van der Waals surface area contributed by atoms with Crippen molar-refractivity contribution in [2.45, 2.75) is 40.5 Å². The van der Waals surface area contributed by atoms with Gasteiger partial charge in [-0.05, 0) is 54.4 Å². The quantitative estimate of drug-likeness (QED) is 0.202. The number of benzene rings is 2. The Kier molecular flexibility index (Phi) is 13.9. The molecule has 0 saturated heterocycles. The average molecular weight is 639 g/mol. The second-order valence-corrected chi connectivity index (χ2v) is 12.1. The molecule has 2 N–H and O–H groups in total. The van der Waals surface area contributed by atoms with E-state index in [1.165, 1.54) is 9.36 Å². The van der Waals surface area contributed by atoms with Gasteiger partial charge >= 0.3 is 0 Å². The first-order chi connectivity index (χ1) is 22.0. The summed E-state index contributed by atoms with van der Waals surface area (Å²) >= 11 is 0. The Morgan fingerprint density at radius 3 is 1.26 bits per heavy atom. The summed E-state index contributed by atoms with van der Waals surface area (Å²) in [5.74, 6) is -0.340. The fourth-order valence-electron chi connectivity index (χ4n) is 5.63. The normalized spacial score (nSPS) is 11.9. The van der Waals surface area contributed by atoms with Gasteiger partial charge in [0.2, 0.25) is 11.8 Å². The van der Waals surface area contributed by atoms with Gasteiger partial charge in [-0.25, -0.2) is 0 Å². The van der Waals surface area contributed by atoms with Crippen molar-refractivity contribution in [1.82, 2.24) is 29.0 Å². The molecule has 0 fully saturated rings. The molecule has 1 aromatic rings. The molecular weight excluding hydrogens is 584 g/mol. The number of carbonyl (C=O) groups excluding carboxylic acids is 2. The average Bonchev–Trinajstić information content (AvgIpc) is 3.03. The zero-order chi connectivity index (χ0) is 34.0. The van der Waals surface area contributed by atoms with Crippen molar-refractivity contribution in [2.75, 3.05) is 104 Å². The van der Waals surface area contributed by atoms with E-state index in [0.29, 0.717) is 39.3 Å². The molecule has 2 aliphatic rings. The Balaban J connectivity index is 2.49. The van der Waals surface area contributed by atoms with Crippen LogP contribution in [0.4, 0.5) is 11.6 Å². The van der Waals surface area contributed by atoms with Crippen LogP contribution in [0, 0.1) is 0 Å². The summed E-state index contributed by atoms with van der Waals surface area (Å²) in [6, 6.07) is 6.75. The highest BCUT2D eigenvalue weighted by Gasteiger charge is 2.33. The van der Waals surface area contributed by atoms with Gasteiger partial charge < -0.3 is 30.2 Å². The number of aromatic nitrogens is 2. The fraction of sp³-hybridized carbons (Fsp3) is 0.588. The van der Waals surface area contributed by atoms with E-state index in [-0.39, 0.29) is 69.0 Å². The zero-order valence-electron chi connectivity index (χ0n) is 29.1. The predicted molar refractivity (Wildman–Crippen MR) is 189 cm³/mol. The second kappa shape index (κ2) is 17.4.